The molecular formula is C11H17BrN4O2. The number of halogens is 1. The van der Waals surface area contributed by atoms with E-state index in [9.17, 15) is 0 Å². The van der Waals surface area contributed by atoms with Gasteiger partial charge in [-0.25, -0.2) is 10.8 Å². The molecule has 6 nitrogen and oxygen atoms in total. The van der Waals surface area contributed by atoms with Gasteiger partial charge in [0, 0.05) is 18.9 Å². The molecule has 1 aromatic rings. The van der Waals surface area contributed by atoms with Crippen LogP contribution in [-0.2, 0) is 4.74 Å². The highest BCUT2D eigenvalue weighted by molar-refractivity contribution is 9.10. The summed E-state index contributed by atoms with van der Waals surface area (Å²) in [5, 5.41) is 3.05. The number of rotatable bonds is 5. The van der Waals surface area contributed by atoms with Crippen LogP contribution in [0.1, 0.15) is 0 Å². The smallest absolute Gasteiger partial charge is 0.210 e. The number of anilines is 1. The number of aliphatic imine (C=N–C) groups is 1. The molecule has 0 spiro atoms. The molecule has 0 unspecified atom stereocenters. The number of ether oxygens (including phenoxy) is 2. The molecule has 4 N–H and O–H groups in total. The number of hydrazine groups is 1. The number of hydrogen-bond donors (Lipinski definition) is 3. The predicted molar refractivity (Wildman–Crippen MR) is 75.8 cm³/mol. The summed E-state index contributed by atoms with van der Waals surface area (Å²) < 4.78 is 11.0. The molecule has 7 heteroatoms. The van der Waals surface area contributed by atoms with Crippen LogP contribution in [0.2, 0.25) is 0 Å². The maximum absolute atomic E-state index is 5.38. The zero-order chi connectivity index (χ0) is 13.4. The van der Waals surface area contributed by atoms with E-state index >= 15 is 0 Å². The van der Waals surface area contributed by atoms with Crippen molar-refractivity contribution in [2.75, 3.05) is 32.7 Å². The first-order chi connectivity index (χ1) is 8.71. The average molecular weight is 317 g/mol. The minimum atomic E-state index is 0.469. The zero-order valence-corrected chi connectivity index (χ0v) is 12.0. The summed E-state index contributed by atoms with van der Waals surface area (Å²) >= 11 is 3.39. The molecule has 0 saturated heterocycles. The molecule has 0 bridgehead atoms. The first-order valence-electron chi connectivity index (χ1n) is 5.31. The van der Waals surface area contributed by atoms with Gasteiger partial charge >= 0.3 is 0 Å². The van der Waals surface area contributed by atoms with Crippen LogP contribution in [0.15, 0.2) is 27.7 Å². The van der Waals surface area contributed by atoms with Crippen LogP contribution in [-0.4, -0.2) is 33.3 Å². The van der Waals surface area contributed by atoms with Crippen LogP contribution >= 0.6 is 15.9 Å². The molecule has 0 aromatic heterocycles. The number of guanidine groups is 1. The highest BCUT2D eigenvalue weighted by Gasteiger charge is 2.03. The number of nitrogens with two attached hydrogens (primary N) is 1. The van der Waals surface area contributed by atoms with Crippen LogP contribution in [0.4, 0.5) is 5.69 Å². The summed E-state index contributed by atoms with van der Waals surface area (Å²) in [7, 11) is 3.23. The summed E-state index contributed by atoms with van der Waals surface area (Å²) in [6.45, 7) is 1.06. The van der Waals surface area contributed by atoms with Crippen LogP contribution in [0, 0.1) is 0 Å². The maximum Gasteiger partial charge on any atom is 0.210 e. The number of methoxy groups -OCH3 is 2. The normalized spacial score (nSPS) is 11.2. The molecule has 0 fully saturated rings. The lowest BCUT2D eigenvalue weighted by molar-refractivity contribution is 0.208. The summed E-state index contributed by atoms with van der Waals surface area (Å²) in [5.41, 5.74) is 3.32. The van der Waals surface area contributed by atoms with Gasteiger partial charge in [0.1, 0.15) is 5.75 Å². The highest BCUT2D eigenvalue weighted by atomic mass is 79.9. The van der Waals surface area contributed by atoms with Gasteiger partial charge in [-0.05, 0) is 28.1 Å². The van der Waals surface area contributed by atoms with Crippen LogP contribution in [0.3, 0.4) is 0 Å². The minimum Gasteiger partial charge on any atom is -0.495 e. The molecule has 0 aliphatic rings. The molecule has 18 heavy (non-hydrogen) atoms. The Morgan fingerprint density at radius 2 is 2.22 bits per heavy atom. The Morgan fingerprint density at radius 1 is 1.44 bits per heavy atom. The summed E-state index contributed by atoms with van der Waals surface area (Å²) in [4.78, 5) is 4.20. The number of benzene rings is 1. The SMILES string of the molecule is COCCN=C(NN)Nc1ccc(Br)c(OC)c1. The monoisotopic (exact) mass is 316 g/mol. The lowest BCUT2D eigenvalue weighted by atomic mass is 10.3. The Kier molecular flexibility index (Phi) is 6.48. The third-order valence-electron chi connectivity index (χ3n) is 2.12. The number of nitrogens with one attached hydrogen (secondary N) is 2. The van der Waals surface area contributed by atoms with Gasteiger partial charge in [0.05, 0.1) is 24.7 Å². The van der Waals surface area contributed by atoms with Crippen molar-refractivity contribution < 1.29 is 9.47 Å². The molecule has 0 saturated carbocycles. The topological polar surface area (TPSA) is 80.9 Å². The average Bonchev–Trinajstić information content (AvgIpc) is 2.39. The molecule has 0 atom stereocenters. The van der Waals surface area contributed by atoms with E-state index < -0.39 is 0 Å². The van der Waals surface area contributed by atoms with Gasteiger partial charge in [0.15, 0.2) is 0 Å². The van der Waals surface area contributed by atoms with Crippen molar-refractivity contribution in [3.05, 3.63) is 22.7 Å². The second kappa shape index (κ2) is 7.91. The van der Waals surface area contributed by atoms with Crippen molar-refractivity contribution in [1.29, 1.82) is 0 Å². The molecular weight excluding hydrogens is 300 g/mol. The standard InChI is InChI=1S/C11H17BrN4O2/c1-17-6-5-14-11(16-13)15-8-3-4-9(12)10(7-8)18-2/h3-4,7H,5-6,13H2,1-2H3,(H2,14,15,16). The maximum atomic E-state index is 5.38. The second-order valence-corrected chi connectivity index (χ2v) is 4.20. The van der Waals surface area contributed by atoms with E-state index in [1.165, 1.54) is 0 Å². The van der Waals surface area contributed by atoms with Crippen LogP contribution in [0.5, 0.6) is 5.75 Å². The highest BCUT2D eigenvalue weighted by Crippen LogP contribution is 2.27. The zero-order valence-electron chi connectivity index (χ0n) is 10.4. The minimum absolute atomic E-state index is 0.469. The van der Waals surface area contributed by atoms with Crippen LogP contribution < -0.4 is 21.3 Å². The van der Waals surface area contributed by atoms with E-state index in [1.807, 2.05) is 18.2 Å². The van der Waals surface area contributed by atoms with Crippen molar-refractivity contribution in [2.24, 2.45) is 10.8 Å². The van der Waals surface area contributed by atoms with Gasteiger partial charge in [-0.15, -0.1) is 0 Å². The van der Waals surface area contributed by atoms with Crippen molar-refractivity contribution in [2.45, 2.75) is 0 Å². The van der Waals surface area contributed by atoms with Crippen molar-refractivity contribution in [3.8, 4) is 5.75 Å². The fraction of sp³-hybridized carbons (Fsp3) is 0.364. The second-order valence-electron chi connectivity index (χ2n) is 3.34. The lowest BCUT2D eigenvalue weighted by Gasteiger charge is -2.11. The molecule has 1 rings (SSSR count). The third kappa shape index (κ3) is 4.52. The Balaban J connectivity index is 2.72. The lowest BCUT2D eigenvalue weighted by Crippen LogP contribution is -2.36. The van der Waals surface area contributed by atoms with E-state index in [0.717, 1.165) is 15.9 Å². The van der Waals surface area contributed by atoms with Gasteiger partial charge in [0.25, 0.3) is 0 Å². The van der Waals surface area contributed by atoms with Crippen LogP contribution in [0.25, 0.3) is 0 Å². The molecule has 0 heterocycles. The van der Waals surface area contributed by atoms with Crippen molar-refractivity contribution in [3.63, 3.8) is 0 Å². The van der Waals surface area contributed by atoms with E-state index in [2.05, 4.69) is 31.7 Å². The largest absolute Gasteiger partial charge is 0.495 e. The van der Waals surface area contributed by atoms with Gasteiger partial charge in [0.2, 0.25) is 5.96 Å². The quantitative estimate of drug-likeness (QED) is 0.251. The molecule has 0 radical (unpaired) electrons. The molecule has 0 aliphatic heterocycles. The van der Waals surface area contributed by atoms with Gasteiger partial charge < -0.3 is 14.8 Å². The molecule has 0 amide bonds. The Morgan fingerprint density at radius 3 is 2.83 bits per heavy atom. The van der Waals surface area contributed by atoms with Crippen molar-refractivity contribution in [1.82, 2.24) is 5.43 Å². The first-order valence-corrected chi connectivity index (χ1v) is 6.11. The summed E-state index contributed by atoms with van der Waals surface area (Å²) in [5.74, 6) is 6.58. The van der Waals surface area contributed by atoms with E-state index in [1.54, 1.807) is 14.2 Å². The summed E-state index contributed by atoms with van der Waals surface area (Å²) in [6, 6.07) is 5.60. The molecule has 1 aromatic carbocycles. The first kappa shape index (κ1) is 14.7. The van der Waals surface area contributed by atoms with Crippen molar-refractivity contribution >= 4 is 27.6 Å². The number of nitrogens with zero attached hydrogens (tertiary/aromatic N) is 1. The molecule has 100 valence electrons. The van der Waals surface area contributed by atoms with Gasteiger partial charge in [-0.3, -0.25) is 5.43 Å². The summed E-state index contributed by atoms with van der Waals surface area (Å²) in [6.07, 6.45) is 0. The Bertz CT molecular complexity index is 412. The fourth-order valence-corrected chi connectivity index (χ4v) is 1.65. The third-order valence-corrected chi connectivity index (χ3v) is 2.77. The van der Waals surface area contributed by atoms with E-state index in [0.29, 0.717) is 19.1 Å². The van der Waals surface area contributed by atoms with E-state index in [-0.39, 0.29) is 0 Å². The Labute approximate surface area is 115 Å². The van der Waals surface area contributed by atoms with E-state index in [4.69, 9.17) is 15.3 Å². The van der Waals surface area contributed by atoms with Gasteiger partial charge in [-0.2, -0.15) is 0 Å². The van der Waals surface area contributed by atoms with Gasteiger partial charge in [-0.1, -0.05) is 0 Å². The predicted octanol–water partition coefficient (Wildman–Crippen LogP) is 1.34. The fourth-order valence-electron chi connectivity index (χ4n) is 1.24. The molecule has 0 aliphatic carbocycles. The number of hydrogen-bond acceptors (Lipinski definition) is 4. The Hall–Kier alpha value is -1.31.